The van der Waals surface area contributed by atoms with Gasteiger partial charge in [-0.1, -0.05) is 17.7 Å². The summed E-state index contributed by atoms with van der Waals surface area (Å²) in [5.74, 6) is 0.455. The molecular formula is C23H20ClN9O. The lowest BCUT2D eigenvalue weighted by Gasteiger charge is -2.10. The summed E-state index contributed by atoms with van der Waals surface area (Å²) in [7, 11) is 0. The van der Waals surface area contributed by atoms with Gasteiger partial charge in [-0.3, -0.25) is 9.48 Å². The lowest BCUT2D eigenvalue weighted by molar-refractivity contribution is 0.0951. The molecule has 1 aliphatic carbocycles. The van der Waals surface area contributed by atoms with Crippen LogP contribution in [-0.4, -0.2) is 45.3 Å². The van der Waals surface area contributed by atoms with Crippen LogP contribution in [0.3, 0.4) is 0 Å². The van der Waals surface area contributed by atoms with Gasteiger partial charge in [0, 0.05) is 30.2 Å². The predicted molar refractivity (Wildman–Crippen MR) is 124 cm³/mol. The molecule has 5 aromatic rings. The number of nitrogens with zero attached hydrogens (tertiary/aromatic N) is 8. The summed E-state index contributed by atoms with van der Waals surface area (Å²) in [5, 5.41) is 19.1. The zero-order valence-electron chi connectivity index (χ0n) is 18.0. The Hall–Kier alpha value is -4.05. The van der Waals surface area contributed by atoms with E-state index in [9.17, 15) is 4.79 Å². The molecule has 0 atom stereocenters. The number of pyridine rings is 1. The van der Waals surface area contributed by atoms with Crippen molar-refractivity contribution >= 4 is 23.2 Å². The van der Waals surface area contributed by atoms with Crippen molar-refractivity contribution in [2.24, 2.45) is 0 Å². The van der Waals surface area contributed by atoms with Crippen LogP contribution in [0.25, 0.3) is 11.3 Å². The topological polar surface area (TPSA) is 108 Å². The SMILES string of the molecule is O=C(NCc1cc(Cl)ccc1-n1cnnn1)c1cnn(Cc2cn3cc(C4CC4)ccc3n2)c1. The van der Waals surface area contributed by atoms with Crippen molar-refractivity contribution in [3.05, 3.63) is 88.9 Å². The summed E-state index contributed by atoms with van der Waals surface area (Å²) >= 11 is 6.15. The van der Waals surface area contributed by atoms with Crippen LogP contribution >= 0.6 is 11.6 Å². The number of halogens is 1. The van der Waals surface area contributed by atoms with Gasteiger partial charge in [0.25, 0.3) is 5.91 Å². The van der Waals surface area contributed by atoms with Crippen LogP contribution in [0.1, 0.15) is 45.9 Å². The molecule has 1 N–H and O–H groups in total. The van der Waals surface area contributed by atoms with E-state index in [0.29, 0.717) is 23.0 Å². The molecule has 0 spiro atoms. The van der Waals surface area contributed by atoms with E-state index in [-0.39, 0.29) is 12.5 Å². The maximum absolute atomic E-state index is 12.8. The number of hydrogen-bond acceptors (Lipinski definition) is 6. The molecule has 1 aliphatic rings. The summed E-state index contributed by atoms with van der Waals surface area (Å²) in [6.07, 6.45) is 11.5. The Balaban J connectivity index is 1.14. The maximum Gasteiger partial charge on any atom is 0.254 e. The number of nitrogens with one attached hydrogen (secondary N) is 1. The van der Waals surface area contributed by atoms with Crippen LogP contribution in [0.2, 0.25) is 5.02 Å². The van der Waals surface area contributed by atoms with Gasteiger partial charge in [0.15, 0.2) is 0 Å². The highest BCUT2D eigenvalue weighted by molar-refractivity contribution is 6.30. The van der Waals surface area contributed by atoms with Crippen molar-refractivity contribution in [1.29, 1.82) is 0 Å². The van der Waals surface area contributed by atoms with Crippen LogP contribution in [0.5, 0.6) is 0 Å². The lowest BCUT2D eigenvalue weighted by Crippen LogP contribution is -2.23. The highest BCUT2D eigenvalue weighted by Crippen LogP contribution is 2.39. The second-order valence-corrected chi connectivity index (χ2v) is 8.81. The minimum atomic E-state index is -0.238. The van der Waals surface area contributed by atoms with E-state index in [1.165, 1.54) is 29.4 Å². The van der Waals surface area contributed by atoms with Gasteiger partial charge >= 0.3 is 0 Å². The zero-order chi connectivity index (χ0) is 23.1. The highest BCUT2D eigenvalue weighted by Gasteiger charge is 2.23. The Morgan fingerprint density at radius 2 is 2.06 bits per heavy atom. The van der Waals surface area contributed by atoms with Crippen LogP contribution in [-0.2, 0) is 13.1 Å². The average molecular weight is 474 g/mol. The highest BCUT2D eigenvalue weighted by atomic mass is 35.5. The lowest BCUT2D eigenvalue weighted by atomic mass is 10.1. The fourth-order valence-electron chi connectivity index (χ4n) is 4.00. The smallest absolute Gasteiger partial charge is 0.254 e. The molecule has 170 valence electrons. The van der Waals surface area contributed by atoms with E-state index >= 15 is 0 Å². The van der Waals surface area contributed by atoms with Gasteiger partial charge in [-0.15, -0.1) is 5.10 Å². The van der Waals surface area contributed by atoms with Crippen molar-refractivity contribution in [1.82, 2.24) is 44.7 Å². The quantitative estimate of drug-likeness (QED) is 0.389. The Bertz CT molecular complexity index is 1480. The van der Waals surface area contributed by atoms with E-state index in [1.54, 1.807) is 35.3 Å². The number of amides is 1. The largest absolute Gasteiger partial charge is 0.348 e. The second-order valence-electron chi connectivity index (χ2n) is 8.37. The number of fused-ring (bicyclic) bond motifs is 1. The maximum atomic E-state index is 12.8. The molecule has 4 aromatic heterocycles. The Morgan fingerprint density at radius 1 is 1.15 bits per heavy atom. The Kier molecular flexibility index (Phi) is 5.06. The molecule has 1 saturated carbocycles. The molecule has 0 saturated heterocycles. The third kappa shape index (κ3) is 4.15. The summed E-state index contributed by atoms with van der Waals surface area (Å²) in [6.45, 7) is 0.737. The monoisotopic (exact) mass is 473 g/mol. The van der Waals surface area contributed by atoms with E-state index in [0.717, 1.165) is 22.6 Å². The van der Waals surface area contributed by atoms with Crippen molar-refractivity contribution in [3.63, 3.8) is 0 Å². The summed E-state index contributed by atoms with van der Waals surface area (Å²) in [4.78, 5) is 17.4. The number of carbonyl (C=O) groups is 1. The van der Waals surface area contributed by atoms with Crippen LogP contribution in [0, 0.1) is 0 Å². The van der Waals surface area contributed by atoms with Gasteiger partial charge in [0.05, 0.1) is 29.7 Å². The van der Waals surface area contributed by atoms with Gasteiger partial charge < -0.3 is 9.72 Å². The van der Waals surface area contributed by atoms with Gasteiger partial charge in [-0.2, -0.15) is 5.10 Å². The number of imidazole rings is 1. The first-order chi connectivity index (χ1) is 16.6. The van der Waals surface area contributed by atoms with Crippen LogP contribution in [0.15, 0.2) is 61.4 Å². The molecule has 0 bridgehead atoms. The zero-order valence-corrected chi connectivity index (χ0v) is 18.8. The van der Waals surface area contributed by atoms with E-state index < -0.39 is 0 Å². The van der Waals surface area contributed by atoms with Crippen LogP contribution < -0.4 is 5.32 Å². The van der Waals surface area contributed by atoms with Crippen molar-refractivity contribution in [2.45, 2.75) is 31.8 Å². The summed E-state index contributed by atoms with van der Waals surface area (Å²) < 4.78 is 5.30. The molecule has 0 radical (unpaired) electrons. The second kappa shape index (κ2) is 8.38. The molecule has 34 heavy (non-hydrogen) atoms. The molecule has 4 heterocycles. The van der Waals surface area contributed by atoms with E-state index in [4.69, 9.17) is 11.6 Å². The molecule has 0 unspecified atom stereocenters. The molecule has 1 fully saturated rings. The van der Waals surface area contributed by atoms with Gasteiger partial charge in [0.2, 0.25) is 0 Å². The standard InChI is InChI=1S/C23H20ClN9O/c24-19-4-5-21(33-14-26-29-30-33)17(7-19)8-25-23(34)18-9-27-32(11-18)13-20-12-31-10-16(15-1-2-15)3-6-22(31)28-20/h3-7,9-12,14-15H,1-2,8,13H2,(H,25,34). The number of tetrazole rings is 1. The molecular weight excluding hydrogens is 454 g/mol. The Morgan fingerprint density at radius 3 is 2.88 bits per heavy atom. The first-order valence-corrected chi connectivity index (χ1v) is 11.3. The molecule has 1 amide bonds. The number of aromatic nitrogens is 8. The van der Waals surface area contributed by atoms with E-state index in [2.05, 4.69) is 53.7 Å². The molecule has 6 rings (SSSR count). The van der Waals surface area contributed by atoms with Gasteiger partial charge in [-0.05, 0) is 64.6 Å². The van der Waals surface area contributed by atoms with Crippen molar-refractivity contribution < 1.29 is 4.79 Å². The number of benzene rings is 1. The molecule has 11 heteroatoms. The predicted octanol–water partition coefficient (Wildman–Crippen LogP) is 3.02. The normalized spacial score (nSPS) is 13.4. The minimum absolute atomic E-state index is 0.238. The fraction of sp³-hybridized carbons (Fsp3) is 0.217. The van der Waals surface area contributed by atoms with Gasteiger partial charge in [-0.25, -0.2) is 9.67 Å². The van der Waals surface area contributed by atoms with E-state index in [1.807, 2.05) is 6.20 Å². The third-order valence-electron chi connectivity index (χ3n) is 5.87. The molecule has 1 aromatic carbocycles. The Labute approximate surface area is 199 Å². The summed E-state index contributed by atoms with van der Waals surface area (Å²) in [5.41, 5.74) is 5.14. The van der Waals surface area contributed by atoms with Gasteiger partial charge in [0.1, 0.15) is 12.0 Å². The third-order valence-corrected chi connectivity index (χ3v) is 6.10. The number of rotatable bonds is 7. The number of carbonyl (C=O) groups excluding carboxylic acids is 1. The minimum Gasteiger partial charge on any atom is -0.348 e. The first kappa shape index (κ1) is 20.5. The first-order valence-electron chi connectivity index (χ1n) is 10.9. The number of hydrogen-bond donors (Lipinski definition) is 1. The fourth-order valence-corrected chi connectivity index (χ4v) is 4.19. The molecule has 10 nitrogen and oxygen atoms in total. The average Bonchev–Trinajstić information content (AvgIpc) is 3.21. The summed E-state index contributed by atoms with van der Waals surface area (Å²) in [6, 6.07) is 9.55. The van der Waals surface area contributed by atoms with Crippen molar-refractivity contribution in [3.8, 4) is 5.69 Å². The van der Waals surface area contributed by atoms with Crippen molar-refractivity contribution in [2.75, 3.05) is 0 Å². The molecule has 0 aliphatic heterocycles. The van der Waals surface area contributed by atoms with Crippen LogP contribution in [0.4, 0.5) is 0 Å².